The van der Waals surface area contributed by atoms with Gasteiger partial charge in [-0.15, -0.1) is 0 Å². The lowest BCUT2D eigenvalue weighted by molar-refractivity contribution is -0.154. The molecule has 16 heavy (non-hydrogen) atoms. The molecule has 2 fully saturated rings. The van der Waals surface area contributed by atoms with E-state index in [2.05, 4.69) is 5.32 Å². The molecule has 86 valence electrons. The van der Waals surface area contributed by atoms with Crippen molar-refractivity contribution in [3.05, 3.63) is 11.3 Å². The summed E-state index contributed by atoms with van der Waals surface area (Å²) in [6.07, 6.45) is 0.775. The van der Waals surface area contributed by atoms with Crippen LogP contribution in [0, 0.1) is 5.92 Å². The minimum Gasteiger partial charge on any atom is -0.477 e. The Morgan fingerprint density at radius 2 is 2.31 bits per heavy atom. The van der Waals surface area contributed by atoms with E-state index in [-0.39, 0.29) is 36.2 Å². The molecule has 3 aliphatic heterocycles. The van der Waals surface area contributed by atoms with Gasteiger partial charge in [0.25, 0.3) is 0 Å². The highest BCUT2D eigenvalue weighted by Crippen LogP contribution is 2.45. The molecule has 1 unspecified atom stereocenters. The zero-order chi connectivity index (χ0) is 11.4. The Hall–Kier alpha value is -1.40. The van der Waals surface area contributed by atoms with Crippen LogP contribution >= 0.6 is 0 Å². The van der Waals surface area contributed by atoms with Gasteiger partial charge in [0.05, 0.1) is 12.6 Å². The number of carboxylic acid groups (broad SMARTS) is 1. The van der Waals surface area contributed by atoms with Gasteiger partial charge >= 0.3 is 5.97 Å². The van der Waals surface area contributed by atoms with Gasteiger partial charge in [-0.1, -0.05) is 0 Å². The third-order valence-electron chi connectivity index (χ3n) is 3.74. The summed E-state index contributed by atoms with van der Waals surface area (Å²) in [5.41, 5.74) is 0.511. The fraction of sp³-hybridized carbons (Fsp3) is 0.600. The first-order valence-electron chi connectivity index (χ1n) is 5.30. The highest BCUT2D eigenvalue weighted by atomic mass is 16.4. The molecule has 0 spiro atoms. The minimum atomic E-state index is -1.12. The van der Waals surface area contributed by atoms with Crippen LogP contribution in [0.4, 0.5) is 0 Å². The van der Waals surface area contributed by atoms with Crippen LogP contribution in [0.5, 0.6) is 0 Å². The zero-order valence-corrected chi connectivity index (χ0v) is 8.51. The van der Waals surface area contributed by atoms with E-state index in [0.29, 0.717) is 12.1 Å². The summed E-state index contributed by atoms with van der Waals surface area (Å²) >= 11 is 0. The monoisotopic (exact) mass is 224 g/mol. The number of carboxylic acids is 1. The molecule has 0 bridgehead atoms. The molecular weight excluding hydrogens is 212 g/mol. The summed E-state index contributed by atoms with van der Waals surface area (Å²) < 4.78 is 0. The van der Waals surface area contributed by atoms with Gasteiger partial charge in [-0.05, 0) is 18.5 Å². The van der Waals surface area contributed by atoms with Gasteiger partial charge in [0, 0.05) is 5.92 Å². The van der Waals surface area contributed by atoms with E-state index < -0.39 is 5.97 Å². The Kier molecular flexibility index (Phi) is 1.87. The average Bonchev–Trinajstić information content (AvgIpc) is 2.61. The van der Waals surface area contributed by atoms with E-state index in [4.69, 9.17) is 5.11 Å². The number of hydrogen-bond donors (Lipinski definition) is 3. The van der Waals surface area contributed by atoms with E-state index >= 15 is 0 Å². The second-order valence-electron chi connectivity index (χ2n) is 4.36. The Labute approximate surface area is 91.5 Å². The second-order valence-corrected chi connectivity index (χ2v) is 4.36. The predicted octanol–water partition coefficient (Wildman–Crippen LogP) is -1.48. The van der Waals surface area contributed by atoms with Gasteiger partial charge in [0.2, 0.25) is 5.91 Å². The smallest absolute Gasteiger partial charge is 0.352 e. The van der Waals surface area contributed by atoms with E-state index in [0.717, 1.165) is 6.42 Å². The van der Waals surface area contributed by atoms with E-state index in [1.54, 1.807) is 0 Å². The quantitative estimate of drug-likeness (QED) is 0.498. The van der Waals surface area contributed by atoms with Crippen LogP contribution < -0.4 is 5.32 Å². The zero-order valence-electron chi connectivity index (χ0n) is 8.51. The number of rotatable bonds is 2. The van der Waals surface area contributed by atoms with Crippen LogP contribution in [0.15, 0.2) is 11.3 Å². The molecule has 6 heteroatoms. The summed E-state index contributed by atoms with van der Waals surface area (Å²) in [7, 11) is 0. The predicted molar refractivity (Wildman–Crippen MR) is 52.3 cm³/mol. The van der Waals surface area contributed by atoms with Crippen molar-refractivity contribution < 1.29 is 19.8 Å². The second kappa shape index (κ2) is 3.05. The number of β-lactam (4-membered cyclic amide) rings is 1. The summed E-state index contributed by atoms with van der Waals surface area (Å²) in [6, 6.07) is -0.341. The molecule has 3 atom stereocenters. The molecule has 3 N–H and O–H groups in total. The topological polar surface area (TPSA) is 89.9 Å². The van der Waals surface area contributed by atoms with Gasteiger partial charge in [0.1, 0.15) is 11.7 Å². The van der Waals surface area contributed by atoms with E-state index in [9.17, 15) is 14.7 Å². The van der Waals surface area contributed by atoms with Crippen LogP contribution in [0.2, 0.25) is 0 Å². The highest BCUT2D eigenvalue weighted by molar-refractivity contribution is 6.01. The van der Waals surface area contributed by atoms with Crippen LogP contribution in [-0.4, -0.2) is 52.2 Å². The first-order chi connectivity index (χ1) is 7.66. The van der Waals surface area contributed by atoms with Gasteiger partial charge in [-0.3, -0.25) is 9.69 Å². The maximum atomic E-state index is 11.7. The molecule has 6 nitrogen and oxygen atoms in total. The molecule has 0 aromatic heterocycles. The molecular formula is C10H12N2O4. The molecule has 3 heterocycles. The largest absolute Gasteiger partial charge is 0.477 e. The molecule has 0 radical (unpaired) electrons. The molecule has 0 saturated carbocycles. The molecule has 3 rings (SSSR count). The van der Waals surface area contributed by atoms with Crippen molar-refractivity contribution in [3.8, 4) is 0 Å². The summed E-state index contributed by atoms with van der Waals surface area (Å²) in [5.74, 6) is -1.29. The first kappa shape index (κ1) is 9.80. The molecule has 2 saturated heterocycles. The molecule has 3 aliphatic rings. The fourth-order valence-electron chi connectivity index (χ4n) is 3.10. The van der Waals surface area contributed by atoms with Gasteiger partial charge in [-0.2, -0.15) is 0 Å². The minimum absolute atomic E-state index is 0.00227. The number of piperidine rings is 1. The maximum absolute atomic E-state index is 11.7. The SMILES string of the molecule is O=C(O)C1=C(CO)C2CCN[C@@H]3C(=O)N1[C@H]23. The van der Waals surface area contributed by atoms with Crippen molar-refractivity contribution >= 4 is 11.9 Å². The number of aliphatic carboxylic acids is 1. The van der Waals surface area contributed by atoms with Crippen LogP contribution in [0.25, 0.3) is 0 Å². The van der Waals surface area contributed by atoms with Crippen LogP contribution in [0.1, 0.15) is 6.42 Å². The Morgan fingerprint density at radius 3 is 2.94 bits per heavy atom. The summed E-state index contributed by atoms with van der Waals surface area (Å²) in [5, 5.41) is 21.4. The van der Waals surface area contributed by atoms with Gasteiger partial charge < -0.3 is 15.5 Å². The summed E-state index contributed by atoms with van der Waals surface area (Å²) in [4.78, 5) is 24.2. The summed E-state index contributed by atoms with van der Waals surface area (Å²) in [6.45, 7) is 0.418. The van der Waals surface area contributed by atoms with E-state index in [1.807, 2.05) is 0 Å². The molecule has 1 amide bonds. The third kappa shape index (κ3) is 0.934. The van der Waals surface area contributed by atoms with Crippen LogP contribution in [-0.2, 0) is 9.59 Å². The number of carbonyl (C=O) groups is 2. The number of carbonyl (C=O) groups excluding carboxylic acids is 1. The lowest BCUT2D eigenvalue weighted by atomic mass is 9.79. The van der Waals surface area contributed by atoms with Gasteiger partial charge in [-0.25, -0.2) is 4.79 Å². The Bertz CT molecular complexity index is 417. The van der Waals surface area contributed by atoms with Crippen molar-refractivity contribution in [1.82, 2.24) is 10.2 Å². The number of nitrogens with one attached hydrogen (secondary N) is 1. The number of aliphatic hydroxyl groups excluding tert-OH is 1. The van der Waals surface area contributed by atoms with Crippen molar-refractivity contribution in [2.24, 2.45) is 5.92 Å². The highest BCUT2D eigenvalue weighted by Gasteiger charge is 2.60. The van der Waals surface area contributed by atoms with Gasteiger partial charge in [0.15, 0.2) is 0 Å². The standard InChI is InChI=1S/C10H12N2O4/c13-3-5-4-1-2-11-6-7(4)12(9(6)14)8(5)10(15)16/h4,6-7,11,13H,1-3H2,(H,15,16)/t4?,6-,7+/m0/s1. The van der Waals surface area contributed by atoms with Crippen molar-refractivity contribution in [2.75, 3.05) is 13.2 Å². The average molecular weight is 224 g/mol. The normalized spacial score (nSPS) is 36.2. The maximum Gasteiger partial charge on any atom is 0.352 e. The lowest BCUT2D eigenvalue weighted by Crippen LogP contribution is -2.71. The number of aliphatic hydroxyl groups is 1. The Morgan fingerprint density at radius 1 is 1.56 bits per heavy atom. The lowest BCUT2D eigenvalue weighted by Gasteiger charge is -2.48. The third-order valence-corrected chi connectivity index (χ3v) is 3.74. The van der Waals surface area contributed by atoms with E-state index in [1.165, 1.54) is 4.90 Å². The van der Waals surface area contributed by atoms with Crippen LogP contribution in [0.3, 0.4) is 0 Å². The fourth-order valence-corrected chi connectivity index (χ4v) is 3.10. The number of amides is 1. The molecule has 0 aromatic carbocycles. The first-order valence-corrected chi connectivity index (χ1v) is 5.30. The molecule has 0 aliphatic carbocycles. The molecule has 0 aromatic rings. The van der Waals surface area contributed by atoms with Crippen molar-refractivity contribution in [1.29, 1.82) is 0 Å². The van der Waals surface area contributed by atoms with Crippen molar-refractivity contribution in [2.45, 2.75) is 18.5 Å². The Balaban J connectivity index is 2.07. The number of hydrogen-bond acceptors (Lipinski definition) is 4. The number of nitrogens with zero attached hydrogens (tertiary/aromatic N) is 1. The van der Waals surface area contributed by atoms with Crippen molar-refractivity contribution in [3.63, 3.8) is 0 Å².